The molecule has 0 radical (unpaired) electrons. The van der Waals surface area contributed by atoms with Crippen LogP contribution in [0.25, 0.3) is 21.6 Å². The van der Waals surface area contributed by atoms with Crippen LogP contribution in [-0.2, 0) is 9.59 Å². The van der Waals surface area contributed by atoms with Gasteiger partial charge in [0.1, 0.15) is 11.5 Å². The SMILES string of the molecule is C=C(C)C(=O)Oc1ccc(-c2ccc(OC(=O)C(=C)C)c(-c3cccs3)c2)cc1. The zero-order valence-electron chi connectivity index (χ0n) is 16.2. The smallest absolute Gasteiger partial charge is 0.338 e. The van der Waals surface area contributed by atoms with Gasteiger partial charge in [0.05, 0.1) is 0 Å². The number of rotatable bonds is 6. The van der Waals surface area contributed by atoms with Gasteiger partial charge in [-0.2, -0.15) is 0 Å². The summed E-state index contributed by atoms with van der Waals surface area (Å²) in [6.45, 7) is 10.4. The number of benzene rings is 2. The Labute approximate surface area is 173 Å². The third-order valence-electron chi connectivity index (χ3n) is 4.06. The highest BCUT2D eigenvalue weighted by Gasteiger charge is 2.14. The average Bonchev–Trinajstić information content (AvgIpc) is 3.23. The number of hydrogen-bond acceptors (Lipinski definition) is 5. The van der Waals surface area contributed by atoms with Crippen molar-refractivity contribution in [1.82, 2.24) is 0 Å². The van der Waals surface area contributed by atoms with Crippen molar-refractivity contribution in [2.75, 3.05) is 0 Å². The van der Waals surface area contributed by atoms with E-state index in [0.717, 1.165) is 21.6 Å². The van der Waals surface area contributed by atoms with E-state index in [1.54, 1.807) is 43.4 Å². The van der Waals surface area contributed by atoms with Gasteiger partial charge in [-0.05, 0) is 60.7 Å². The summed E-state index contributed by atoms with van der Waals surface area (Å²) in [6, 6.07) is 16.8. The Balaban J connectivity index is 1.93. The second-order valence-electron chi connectivity index (χ2n) is 6.55. The van der Waals surface area contributed by atoms with E-state index < -0.39 is 11.9 Å². The van der Waals surface area contributed by atoms with Crippen LogP contribution in [-0.4, -0.2) is 11.9 Å². The zero-order valence-corrected chi connectivity index (χ0v) is 17.0. The maximum Gasteiger partial charge on any atom is 0.338 e. The summed E-state index contributed by atoms with van der Waals surface area (Å²) in [4.78, 5) is 24.6. The Kier molecular flexibility index (Phi) is 6.10. The summed E-state index contributed by atoms with van der Waals surface area (Å²) in [5.41, 5.74) is 3.39. The Bertz CT molecular complexity index is 1080. The monoisotopic (exact) mass is 404 g/mol. The van der Waals surface area contributed by atoms with Crippen LogP contribution < -0.4 is 9.47 Å². The maximum atomic E-state index is 12.0. The normalized spacial score (nSPS) is 10.3. The first-order chi connectivity index (χ1) is 13.8. The summed E-state index contributed by atoms with van der Waals surface area (Å²) in [5.74, 6) is 0.0177. The minimum absolute atomic E-state index is 0.339. The number of thiophene rings is 1. The van der Waals surface area contributed by atoms with Gasteiger partial charge in [0.2, 0.25) is 0 Å². The lowest BCUT2D eigenvalue weighted by molar-refractivity contribution is -0.130. The maximum absolute atomic E-state index is 12.0. The summed E-state index contributed by atoms with van der Waals surface area (Å²) in [6.07, 6.45) is 0. The predicted octanol–water partition coefficient (Wildman–Crippen LogP) is 6.05. The molecule has 3 rings (SSSR count). The van der Waals surface area contributed by atoms with E-state index in [9.17, 15) is 9.59 Å². The van der Waals surface area contributed by atoms with Crippen molar-refractivity contribution in [3.8, 4) is 33.1 Å². The molecule has 0 fully saturated rings. The molecule has 0 aliphatic heterocycles. The van der Waals surface area contributed by atoms with Gasteiger partial charge in [0, 0.05) is 21.6 Å². The van der Waals surface area contributed by atoms with E-state index in [4.69, 9.17) is 9.47 Å². The fourth-order valence-corrected chi connectivity index (χ4v) is 3.27. The largest absolute Gasteiger partial charge is 0.423 e. The minimum Gasteiger partial charge on any atom is -0.423 e. The topological polar surface area (TPSA) is 52.6 Å². The van der Waals surface area contributed by atoms with Crippen molar-refractivity contribution in [3.63, 3.8) is 0 Å². The lowest BCUT2D eigenvalue weighted by Crippen LogP contribution is -2.09. The van der Waals surface area contributed by atoms with Gasteiger partial charge in [-0.15, -0.1) is 11.3 Å². The highest BCUT2D eigenvalue weighted by molar-refractivity contribution is 7.13. The number of carbonyl (C=O) groups excluding carboxylic acids is 2. The summed E-state index contributed by atoms with van der Waals surface area (Å²) >= 11 is 1.56. The Morgan fingerprint density at radius 1 is 0.828 bits per heavy atom. The first kappa shape index (κ1) is 20.3. The van der Waals surface area contributed by atoms with Crippen LogP contribution in [0.2, 0.25) is 0 Å². The lowest BCUT2D eigenvalue weighted by Gasteiger charge is -2.12. The zero-order chi connectivity index (χ0) is 21.0. The fraction of sp³-hybridized carbons (Fsp3) is 0.0833. The molecule has 0 aliphatic carbocycles. The van der Waals surface area contributed by atoms with Crippen LogP contribution in [0.3, 0.4) is 0 Å². The Hall–Kier alpha value is -3.44. The molecule has 29 heavy (non-hydrogen) atoms. The van der Waals surface area contributed by atoms with E-state index in [0.29, 0.717) is 22.6 Å². The third-order valence-corrected chi connectivity index (χ3v) is 4.97. The Morgan fingerprint density at radius 3 is 2.03 bits per heavy atom. The number of hydrogen-bond donors (Lipinski definition) is 0. The number of esters is 2. The Morgan fingerprint density at radius 2 is 1.45 bits per heavy atom. The molecule has 3 aromatic rings. The first-order valence-electron chi connectivity index (χ1n) is 8.89. The van der Waals surface area contributed by atoms with Gasteiger partial charge < -0.3 is 9.47 Å². The van der Waals surface area contributed by atoms with Crippen LogP contribution in [0.1, 0.15) is 13.8 Å². The van der Waals surface area contributed by atoms with Crippen LogP contribution in [0.4, 0.5) is 0 Å². The van der Waals surface area contributed by atoms with E-state index in [1.807, 2.05) is 41.8 Å². The molecule has 0 aliphatic rings. The number of ether oxygens (including phenoxy) is 2. The van der Waals surface area contributed by atoms with E-state index in [1.165, 1.54) is 0 Å². The molecule has 5 heteroatoms. The molecule has 4 nitrogen and oxygen atoms in total. The number of carbonyl (C=O) groups is 2. The molecule has 2 aromatic carbocycles. The molecule has 0 atom stereocenters. The summed E-state index contributed by atoms with van der Waals surface area (Å²) in [5, 5.41) is 1.97. The molecule has 0 spiro atoms. The molecule has 0 saturated carbocycles. The van der Waals surface area contributed by atoms with Gasteiger partial charge >= 0.3 is 11.9 Å². The summed E-state index contributed by atoms with van der Waals surface area (Å²) in [7, 11) is 0. The lowest BCUT2D eigenvalue weighted by atomic mass is 10.0. The predicted molar refractivity (Wildman–Crippen MR) is 116 cm³/mol. The third kappa shape index (κ3) is 4.89. The van der Waals surface area contributed by atoms with Crippen molar-refractivity contribution >= 4 is 23.3 Å². The van der Waals surface area contributed by atoms with Crippen molar-refractivity contribution in [3.05, 3.63) is 84.3 Å². The van der Waals surface area contributed by atoms with Gasteiger partial charge in [-0.3, -0.25) is 0 Å². The van der Waals surface area contributed by atoms with E-state index in [2.05, 4.69) is 13.2 Å². The highest BCUT2D eigenvalue weighted by atomic mass is 32.1. The van der Waals surface area contributed by atoms with Crippen LogP contribution in [0.5, 0.6) is 11.5 Å². The molecule has 1 aromatic heterocycles. The quantitative estimate of drug-likeness (QED) is 0.285. The first-order valence-corrected chi connectivity index (χ1v) is 9.77. The van der Waals surface area contributed by atoms with E-state index >= 15 is 0 Å². The fourth-order valence-electron chi connectivity index (χ4n) is 2.52. The highest BCUT2D eigenvalue weighted by Crippen LogP contribution is 2.37. The minimum atomic E-state index is -0.459. The molecule has 0 unspecified atom stereocenters. The molecule has 0 N–H and O–H groups in total. The molecule has 146 valence electrons. The van der Waals surface area contributed by atoms with Crippen molar-refractivity contribution < 1.29 is 19.1 Å². The second kappa shape index (κ2) is 8.71. The van der Waals surface area contributed by atoms with Crippen LogP contribution in [0.15, 0.2) is 84.3 Å². The standard InChI is InChI=1S/C24H20O4S/c1-15(2)23(25)27-19-10-7-17(8-11-19)18-9-12-21(28-24(26)16(3)4)20(14-18)22-6-5-13-29-22/h5-14H,1,3H2,2,4H3. The second-order valence-corrected chi connectivity index (χ2v) is 7.50. The molecular weight excluding hydrogens is 384 g/mol. The molecule has 0 saturated heterocycles. The van der Waals surface area contributed by atoms with Crippen molar-refractivity contribution in [2.45, 2.75) is 13.8 Å². The summed E-state index contributed by atoms with van der Waals surface area (Å²) < 4.78 is 10.7. The van der Waals surface area contributed by atoms with Gasteiger partial charge in [0.15, 0.2) is 0 Å². The van der Waals surface area contributed by atoms with E-state index in [-0.39, 0.29) is 0 Å². The van der Waals surface area contributed by atoms with Crippen molar-refractivity contribution in [1.29, 1.82) is 0 Å². The van der Waals surface area contributed by atoms with Gasteiger partial charge in [-0.25, -0.2) is 9.59 Å². The van der Waals surface area contributed by atoms with Gasteiger partial charge in [0.25, 0.3) is 0 Å². The van der Waals surface area contributed by atoms with Crippen molar-refractivity contribution in [2.24, 2.45) is 0 Å². The van der Waals surface area contributed by atoms with Gasteiger partial charge in [-0.1, -0.05) is 37.4 Å². The van der Waals surface area contributed by atoms with Crippen LogP contribution in [0, 0.1) is 0 Å². The van der Waals surface area contributed by atoms with Crippen LogP contribution >= 0.6 is 11.3 Å². The molecular formula is C24H20O4S. The average molecular weight is 404 g/mol. The molecule has 1 heterocycles. The molecule has 0 bridgehead atoms. The molecule has 0 amide bonds.